The second-order valence-electron chi connectivity index (χ2n) is 5.14. The van der Waals surface area contributed by atoms with Gasteiger partial charge < -0.3 is 15.0 Å². The van der Waals surface area contributed by atoms with Crippen LogP contribution in [0.3, 0.4) is 0 Å². The second kappa shape index (κ2) is 3.77. The first-order valence-electron chi connectivity index (χ1n) is 6.14. The zero-order valence-corrected chi connectivity index (χ0v) is 10.3. The van der Waals surface area contributed by atoms with E-state index >= 15 is 0 Å². The van der Waals surface area contributed by atoms with E-state index in [4.69, 9.17) is 0 Å². The van der Waals surface area contributed by atoms with E-state index in [2.05, 4.69) is 24.0 Å². The van der Waals surface area contributed by atoms with Crippen LogP contribution in [-0.2, 0) is 12.8 Å². The first kappa shape index (κ1) is 10.7. The molecule has 3 heteroatoms. The smallest absolute Gasteiger partial charge is 0.125 e. The van der Waals surface area contributed by atoms with E-state index in [1.807, 2.05) is 12.1 Å². The van der Waals surface area contributed by atoms with Gasteiger partial charge >= 0.3 is 0 Å². The molecule has 3 nitrogen and oxygen atoms in total. The van der Waals surface area contributed by atoms with Gasteiger partial charge in [-0.1, -0.05) is 6.07 Å². The molecule has 0 spiro atoms. The third-order valence-corrected chi connectivity index (χ3v) is 3.89. The normalized spacial score (nSPS) is 19.8. The summed E-state index contributed by atoms with van der Waals surface area (Å²) >= 11 is 0. The minimum Gasteiger partial charge on any atom is -0.507 e. The Kier molecular flexibility index (Phi) is 2.37. The van der Waals surface area contributed by atoms with Crippen molar-refractivity contribution < 1.29 is 5.11 Å². The zero-order chi connectivity index (χ0) is 12.0. The number of aromatic amines is 1. The van der Waals surface area contributed by atoms with Gasteiger partial charge in [-0.3, -0.25) is 0 Å². The number of phenols is 1. The van der Waals surface area contributed by atoms with Crippen molar-refractivity contribution in [2.45, 2.75) is 25.3 Å². The van der Waals surface area contributed by atoms with Crippen molar-refractivity contribution in [2.75, 3.05) is 14.1 Å². The molecule has 1 aliphatic carbocycles. The van der Waals surface area contributed by atoms with Crippen LogP contribution < -0.4 is 0 Å². The zero-order valence-electron chi connectivity index (χ0n) is 10.3. The molecule has 1 atom stereocenters. The number of aromatic nitrogens is 1. The molecule has 90 valence electrons. The largest absolute Gasteiger partial charge is 0.507 e. The van der Waals surface area contributed by atoms with Gasteiger partial charge in [-0.05, 0) is 51.1 Å². The lowest BCUT2D eigenvalue weighted by atomic mass is 9.90. The molecule has 0 amide bonds. The quantitative estimate of drug-likeness (QED) is 0.789. The minimum atomic E-state index is 0.402. The molecule has 1 aliphatic rings. The van der Waals surface area contributed by atoms with Crippen molar-refractivity contribution in [3.63, 3.8) is 0 Å². The highest BCUT2D eigenvalue weighted by Gasteiger charge is 2.24. The second-order valence-corrected chi connectivity index (χ2v) is 5.14. The van der Waals surface area contributed by atoms with E-state index in [1.54, 1.807) is 6.07 Å². The lowest BCUT2D eigenvalue weighted by Crippen LogP contribution is -2.33. The van der Waals surface area contributed by atoms with E-state index in [-0.39, 0.29) is 0 Å². The summed E-state index contributed by atoms with van der Waals surface area (Å²) in [6.07, 6.45) is 3.29. The summed E-state index contributed by atoms with van der Waals surface area (Å²) in [6.45, 7) is 0. The molecule has 0 bridgehead atoms. The summed E-state index contributed by atoms with van der Waals surface area (Å²) < 4.78 is 0. The van der Waals surface area contributed by atoms with Crippen molar-refractivity contribution in [3.8, 4) is 5.75 Å². The first-order valence-corrected chi connectivity index (χ1v) is 6.14. The van der Waals surface area contributed by atoms with Gasteiger partial charge in [0.2, 0.25) is 0 Å². The van der Waals surface area contributed by atoms with Crippen molar-refractivity contribution in [1.82, 2.24) is 9.88 Å². The molecule has 3 rings (SSSR count). The molecule has 0 saturated heterocycles. The monoisotopic (exact) mass is 230 g/mol. The number of aryl methyl sites for hydroxylation is 1. The number of hydrogen-bond acceptors (Lipinski definition) is 2. The van der Waals surface area contributed by atoms with Gasteiger partial charge in [0.1, 0.15) is 5.75 Å². The van der Waals surface area contributed by atoms with Crippen molar-refractivity contribution in [1.29, 1.82) is 0 Å². The molecule has 2 N–H and O–H groups in total. The number of rotatable bonds is 1. The van der Waals surface area contributed by atoms with Crippen LogP contribution in [0.25, 0.3) is 10.9 Å². The molecule has 17 heavy (non-hydrogen) atoms. The summed E-state index contributed by atoms with van der Waals surface area (Å²) in [5.41, 5.74) is 3.68. The Morgan fingerprint density at radius 3 is 2.94 bits per heavy atom. The summed E-state index contributed by atoms with van der Waals surface area (Å²) in [4.78, 5) is 5.72. The number of aromatic hydroxyl groups is 1. The van der Waals surface area contributed by atoms with Crippen molar-refractivity contribution in [2.24, 2.45) is 0 Å². The number of benzene rings is 1. The van der Waals surface area contributed by atoms with Crippen LogP contribution in [0.15, 0.2) is 18.2 Å². The summed E-state index contributed by atoms with van der Waals surface area (Å²) in [7, 11) is 4.26. The number of phenolic OH excluding ortho intramolecular Hbond substituents is 1. The Morgan fingerprint density at radius 1 is 1.35 bits per heavy atom. The maximum absolute atomic E-state index is 10.0. The molecule has 1 aromatic heterocycles. The van der Waals surface area contributed by atoms with Crippen LogP contribution in [0.2, 0.25) is 0 Å². The van der Waals surface area contributed by atoms with Crippen LogP contribution in [0, 0.1) is 0 Å². The first-order chi connectivity index (χ1) is 8.16. The highest BCUT2D eigenvalue weighted by molar-refractivity contribution is 5.90. The van der Waals surface area contributed by atoms with E-state index in [1.165, 1.54) is 17.7 Å². The number of likely N-dealkylation sites (N-methyl/N-ethyl adjacent to an activating group) is 1. The SMILES string of the molecule is CN(C)C1CCc2[nH]c3cccc(O)c3c2C1. The Morgan fingerprint density at radius 2 is 2.18 bits per heavy atom. The van der Waals surface area contributed by atoms with Crippen LogP contribution >= 0.6 is 0 Å². The summed E-state index contributed by atoms with van der Waals surface area (Å²) in [6, 6.07) is 6.29. The van der Waals surface area contributed by atoms with Crippen LogP contribution in [-0.4, -0.2) is 35.1 Å². The summed E-state index contributed by atoms with van der Waals surface area (Å²) in [5.74, 6) is 0.402. The molecule has 1 aromatic carbocycles. The maximum Gasteiger partial charge on any atom is 0.125 e. The summed E-state index contributed by atoms with van der Waals surface area (Å²) in [5, 5.41) is 11.0. The fraction of sp³-hybridized carbons (Fsp3) is 0.429. The molecule has 0 radical (unpaired) electrons. The van der Waals surface area contributed by atoms with Gasteiger partial charge in [0.15, 0.2) is 0 Å². The Bertz CT molecular complexity index is 557. The maximum atomic E-state index is 10.0. The van der Waals surface area contributed by atoms with Crippen LogP contribution in [0.1, 0.15) is 17.7 Å². The van der Waals surface area contributed by atoms with Gasteiger partial charge in [-0.2, -0.15) is 0 Å². The van der Waals surface area contributed by atoms with Gasteiger partial charge in [-0.15, -0.1) is 0 Å². The molecule has 2 aromatic rings. The highest BCUT2D eigenvalue weighted by atomic mass is 16.3. The Balaban J connectivity index is 2.14. The molecule has 1 unspecified atom stereocenters. The Hall–Kier alpha value is -1.48. The highest BCUT2D eigenvalue weighted by Crippen LogP contribution is 2.35. The van der Waals surface area contributed by atoms with Crippen molar-refractivity contribution in [3.05, 3.63) is 29.5 Å². The van der Waals surface area contributed by atoms with E-state index in [9.17, 15) is 5.11 Å². The van der Waals surface area contributed by atoms with Gasteiger partial charge in [0.25, 0.3) is 0 Å². The predicted octanol–water partition coefficient (Wildman–Crippen LogP) is 2.29. The lowest BCUT2D eigenvalue weighted by Gasteiger charge is -2.28. The number of hydrogen-bond donors (Lipinski definition) is 2. The van der Waals surface area contributed by atoms with Gasteiger partial charge in [0.05, 0.1) is 0 Å². The van der Waals surface area contributed by atoms with E-state index < -0.39 is 0 Å². The molecule has 0 aliphatic heterocycles. The number of fused-ring (bicyclic) bond motifs is 3. The average Bonchev–Trinajstić information content (AvgIpc) is 2.67. The fourth-order valence-electron chi connectivity index (χ4n) is 2.88. The average molecular weight is 230 g/mol. The number of nitrogens with one attached hydrogen (secondary N) is 1. The standard InChI is InChI=1S/C14H18N2O/c1-16(2)9-6-7-11-10(8-9)14-12(15-11)4-3-5-13(14)17/h3-5,9,15,17H,6-8H2,1-2H3. The molecule has 0 saturated carbocycles. The lowest BCUT2D eigenvalue weighted by molar-refractivity contribution is 0.268. The van der Waals surface area contributed by atoms with Crippen molar-refractivity contribution >= 4 is 10.9 Å². The third-order valence-electron chi connectivity index (χ3n) is 3.89. The number of H-pyrrole nitrogens is 1. The minimum absolute atomic E-state index is 0.402. The molecule has 0 fully saturated rings. The van der Waals surface area contributed by atoms with Gasteiger partial charge in [0, 0.05) is 22.6 Å². The van der Waals surface area contributed by atoms with E-state index in [0.29, 0.717) is 11.8 Å². The van der Waals surface area contributed by atoms with Crippen LogP contribution in [0.4, 0.5) is 0 Å². The molecular formula is C14H18N2O. The third kappa shape index (κ3) is 1.62. The van der Waals surface area contributed by atoms with Gasteiger partial charge in [-0.25, -0.2) is 0 Å². The fourth-order valence-corrected chi connectivity index (χ4v) is 2.88. The number of nitrogens with zero attached hydrogens (tertiary/aromatic N) is 1. The molecular weight excluding hydrogens is 212 g/mol. The molecule has 1 heterocycles. The predicted molar refractivity (Wildman–Crippen MR) is 69.5 cm³/mol. The van der Waals surface area contributed by atoms with E-state index in [0.717, 1.165) is 23.7 Å². The Labute approximate surface area is 101 Å². The topological polar surface area (TPSA) is 39.3 Å². The van der Waals surface area contributed by atoms with Crippen LogP contribution in [0.5, 0.6) is 5.75 Å².